The third kappa shape index (κ3) is 6.45. The van der Waals surface area contributed by atoms with Crippen molar-refractivity contribution in [2.45, 2.75) is 39.4 Å². The zero-order chi connectivity index (χ0) is 26.7. The second kappa shape index (κ2) is 12.5. The van der Waals surface area contributed by atoms with E-state index < -0.39 is 8.07 Å². The van der Waals surface area contributed by atoms with E-state index in [9.17, 15) is 0 Å². The third-order valence-corrected chi connectivity index (χ3v) is 10.1. The van der Waals surface area contributed by atoms with Crippen molar-refractivity contribution in [1.82, 2.24) is 9.97 Å². The summed E-state index contributed by atoms with van der Waals surface area (Å²) >= 11 is 1.91. The summed E-state index contributed by atoms with van der Waals surface area (Å²) in [6.07, 6.45) is 3.80. The fraction of sp³-hybridized carbons (Fsp3) is 0.176. The van der Waals surface area contributed by atoms with Crippen LogP contribution in [0, 0.1) is 12.1 Å². The molecule has 3 aromatic carbocycles. The number of fused-ring (bicyclic) bond motifs is 3. The van der Waals surface area contributed by atoms with Crippen molar-refractivity contribution in [3.63, 3.8) is 0 Å². The zero-order valence-electron chi connectivity index (χ0n) is 23.0. The van der Waals surface area contributed by atoms with Crippen molar-refractivity contribution in [1.29, 1.82) is 0 Å². The summed E-state index contributed by atoms with van der Waals surface area (Å²) in [5.41, 5.74) is 5.43. The van der Waals surface area contributed by atoms with E-state index in [-0.39, 0.29) is 20.1 Å². The van der Waals surface area contributed by atoms with Crippen LogP contribution in [-0.4, -0.2) is 18.0 Å². The monoisotopic (exact) mass is 721 g/mol. The number of hydrogen-bond acceptors (Lipinski definition) is 3. The third-order valence-electron chi connectivity index (χ3n) is 6.63. The Morgan fingerprint density at radius 3 is 2.15 bits per heavy atom. The number of rotatable bonds is 4. The van der Waals surface area contributed by atoms with E-state index in [2.05, 4.69) is 87.0 Å². The van der Waals surface area contributed by atoms with Crippen molar-refractivity contribution in [2.24, 2.45) is 0 Å². The van der Waals surface area contributed by atoms with Crippen LogP contribution >= 0.6 is 11.3 Å². The summed E-state index contributed by atoms with van der Waals surface area (Å²) in [5, 5.41) is 4.25. The van der Waals surface area contributed by atoms with Crippen molar-refractivity contribution >= 4 is 44.8 Å². The molecule has 0 aliphatic heterocycles. The van der Waals surface area contributed by atoms with Crippen molar-refractivity contribution in [3.05, 3.63) is 115 Å². The molecule has 0 unspecified atom stereocenters. The van der Waals surface area contributed by atoms with Gasteiger partial charge in [0.1, 0.15) is 0 Å². The second-order valence-electron chi connectivity index (χ2n) is 10.8. The number of thiophene rings is 1. The molecule has 1 radical (unpaired) electrons. The molecule has 0 spiro atoms. The quantitative estimate of drug-likeness (QED) is 0.134. The molecule has 0 saturated carbocycles. The summed E-state index contributed by atoms with van der Waals surface area (Å²) < 4.78 is 2.75. The van der Waals surface area contributed by atoms with Crippen LogP contribution in [0.2, 0.25) is 19.6 Å². The number of hydrogen-bond donors (Lipinski definition) is 0. The first-order valence-electron chi connectivity index (χ1n) is 13.0. The Labute approximate surface area is 250 Å². The largest absolute Gasteiger partial charge is 0.305 e. The fourth-order valence-corrected chi connectivity index (χ4v) is 8.22. The van der Waals surface area contributed by atoms with Crippen LogP contribution in [-0.2, 0) is 20.1 Å². The van der Waals surface area contributed by atoms with Crippen molar-refractivity contribution in [3.8, 4) is 22.5 Å². The molecule has 0 fully saturated rings. The van der Waals surface area contributed by atoms with Gasteiger partial charge in [-0.05, 0) is 44.2 Å². The van der Waals surface area contributed by atoms with Crippen molar-refractivity contribution in [2.75, 3.05) is 0 Å². The molecule has 199 valence electrons. The van der Waals surface area contributed by atoms with E-state index in [1.165, 1.54) is 25.7 Å². The van der Waals surface area contributed by atoms with Gasteiger partial charge in [-0.1, -0.05) is 81.3 Å². The Kier molecular flexibility index (Phi) is 9.29. The molecule has 39 heavy (non-hydrogen) atoms. The molecule has 0 N–H and O–H groups in total. The van der Waals surface area contributed by atoms with Crippen LogP contribution in [0.5, 0.6) is 0 Å². The number of nitrogens with zero attached hydrogens (tertiary/aromatic N) is 2. The van der Waals surface area contributed by atoms with Crippen molar-refractivity contribution < 1.29 is 20.1 Å². The minimum Gasteiger partial charge on any atom is -0.305 e. The van der Waals surface area contributed by atoms with Gasteiger partial charge < -0.3 is 9.97 Å². The van der Waals surface area contributed by atoms with Gasteiger partial charge in [-0.15, -0.1) is 59.7 Å². The molecule has 5 heteroatoms. The normalized spacial score (nSPS) is 11.2. The molecule has 0 aliphatic rings. The van der Waals surface area contributed by atoms with Crippen LogP contribution in [0.15, 0.2) is 97.3 Å². The molecule has 0 saturated heterocycles. The maximum Gasteiger partial charge on any atom is 0.0794 e. The fourth-order valence-electron chi connectivity index (χ4n) is 4.51. The maximum atomic E-state index is 4.75. The summed E-state index contributed by atoms with van der Waals surface area (Å²) in [5.74, 6) is 0.500. The molecule has 3 aromatic heterocycles. The molecule has 2 nitrogen and oxygen atoms in total. The van der Waals surface area contributed by atoms with Gasteiger partial charge in [-0.25, -0.2) is 0 Å². The van der Waals surface area contributed by atoms with Gasteiger partial charge in [-0.2, -0.15) is 11.3 Å². The molecule has 0 atom stereocenters. The average molecular weight is 721 g/mol. The van der Waals surface area contributed by atoms with Crippen LogP contribution < -0.4 is 5.19 Å². The van der Waals surface area contributed by atoms with Gasteiger partial charge in [0.2, 0.25) is 0 Å². The predicted molar refractivity (Wildman–Crippen MR) is 167 cm³/mol. The summed E-state index contributed by atoms with van der Waals surface area (Å²) in [6, 6.07) is 35.7. The van der Waals surface area contributed by atoms with E-state index in [1.54, 1.807) is 11.4 Å². The van der Waals surface area contributed by atoms with E-state index in [0.717, 1.165) is 22.5 Å². The molecule has 0 aliphatic carbocycles. The van der Waals surface area contributed by atoms with Crippen LogP contribution in [0.1, 0.15) is 25.3 Å². The first-order valence-corrected chi connectivity index (χ1v) is 17.4. The zero-order valence-corrected chi connectivity index (χ0v) is 27.2. The molecule has 6 aromatic rings. The average Bonchev–Trinajstić information content (AvgIpc) is 3.33. The minimum absolute atomic E-state index is 0. The van der Waals surface area contributed by atoms with E-state index in [0.29, 0.717) is 5.92 Å². The Morgan fingerprint density at radius 2 is 1.51 bits per heavy atom. The molecule has 0 bridgehead atoms. The van der Waals surface area contributed by atoms with Gasteiger partial charge >= 0.3 is 0 Å². The number of pyridine rings is 2. The van der Waals surface area contributed by atoms with Crippen LogP contribution in [0.25, 0.3) is 42.7 Å². The molecule has 0 amide bonds. The summed E-state index contributed by atoms with van der Waals surface area (Å²) in [4.78, 5) is 8.96. The SMILES string of the molecule is CC(C)c1ccc(-c2[c-]ccc3c2sc2c([Si](C)(C)C)cccc23)nc1.[Ir].[c-]1ccccc1-c1ccccn1. The van der Waals surface area contributed by atoms with Gasteiger partial charge in [0.05, 0.1) is 8.07 Å². The standard InChI is InChI=1S/C23H24NSSi.C11H8N.Ir/c1-15(2)16-12-13-20(24-14-16)19-10-6-8-17-18-9-7-11-21(26(3,4)5)23(18)25-22(17)19;1-2-6-10(7-3-1)11-8-4-5-9-12-11;/h6-9,11-15H,1-5H3;1-6,8-9H;/q2*-1;. The Bertz CT molecular complexity index is 1620. The van der Waals surface area contributed by atoms with E-state index in [1.807, 2.05) is 66.1 Å². The second-order valence-corrected chi connectivity index (χ2v) is 16.8. The molecule has 6 rings (SSSR count). The van der Waals surface area contributed by atoms with E-state index >= 15 is 0 Å². The smallest absolute Gasteiger partial charge is 0.0794 e. The number of benzene rings is 3. The molecular weight excluding hydrogens is 689 g/mol. The van der Waals surface area contributed by atoms with Crippen LogP contribution in [0.3, 0.4) is 0 Å². The Morgan fingerprint density at radius 1 is 0.718 bits per heavy atom. The van der Waals surface area contributed by atoms with E-state index in [4.69, 9.17) is 4.98 Å². The summed E-state index contributed by atoms with van der Waals surface area (Å²) in [7, 11) is -1.39. The first-order chi connectivity index (χ1) is 18.3. The Hall–Kier alpha value is -2.95. The maximum absolute atomic E-state index is 4.75. The van der Waals surface area contributed by atoms with Gasteiger partial charge in [0.25, 0.3) is 0 Å². The predicted octanol–water partition coefficient (Wildman–Crippen LogP) is 9.13. The van der Waals surface area contributed by atoms with Crippen LogP contribution in [0.4, 0.5) is 0 Å². The topological polar surface area (TPSA) is 25.8 Å². The first kappa shape index (κ1) is 29.0. The Balaban J connectivity index is 0.000000228. The van der Waals surface area contributed by atoms with Gasteiger partial charge in [0, 0.05) is 37.2 Å². The minimum atomic E-state index is -1.39. The van der Waals surface area contributed by atoms with Gasteiger partial charge in [-0.3, -0.25) is 0 Å². The van der Waals surface area contributed by atoms with Gasteiger partial charge in [0.15, 0.2) is 0 Å². The molecular formula is C34H32IrN2SSi-2. The molecule has 3 heterocycles. The summed E-state index contributed by atoms with van der Waals surface area (Å²) in [6.45, 7) is 11.7. The number of aromatic nitrogens is 2.